The molecule has 1 aromatic carbocycles. The lowest BCUT2D eigenvalue weighted by Crippen LogP contribution is -2.28. The first-order chi connectivity index (χ1) is 11.6. The van der Waals surface area contributed by atoms with Crippen LogP contribution in [0, 0.1) is 0 Å². The molecule has 1 atom stereocenters. The van der Waals surface area contributed by atoms with Gasteiger partial charge in [-0.05, 0) is 43.7 Å². The molecule has 3 rings (SSSR count). The minimum Gasteiger partial charge on any atom is -0.344 e. The Morgan fingerprint density at radius 1 is 1.21 bits per heavy atom. The van der Waals surface area contributed by atoms with Crippen molar-refractivity contribution in [3.63, 3.8) is 0 Å². The van der Waals surface area contributed by atoms with E-state index in [1.807, 2.05) is 25.1 Å². The average Bonchev–Trinajstić information content (AvgIpc) is 3.08. The van der Waals surface area contributed by atoms with Gasteiger partial charge in [0.05, 0.1) is 4.91 Å². The molecule has 0 N–H and O–H groups in total. The number of aromatic nitrogens is 1. The molecule has 0 radical (unpaired) electrons. The van der Waals surface area contributed by atoms with Gasteiger partial charge in [-0.1, -0.05) is 32.0 Å². The number of imide groups is 1. The zero-order valence-electron chi connectivity index (χ0n) is 14.3. The maximum atomic E-state index is 12.5. The van der Waals surface area contributed by atoms with E-state index in [1.165, 1.54) is 4.90 Å². The normalized spacial score (nSPS) is 18.1. The van der Waals surface area contributed by atoms with Crippen LogP contribution in [0.3, 0.4) is 0 Å². The van der Waals surface area contributed by atoms with Crippen molar-refractivity contribution in [2.45, 2.75) is 39.7 Å². The van der Waals surface area contributed by atoms with Gasteiger partial charge >= 0.3 is 0 Å². The number of carbonyl (C=O) groups is 2. The second-order valence-corrected chi connectivity index (χ2v) is 7.09. The molecule has 0 saturated carbocycles. The van der Waals surface area contributed by atoms with Gasteiger partial charge in [0.2, 0.25) is 0 Å². The first-order valence-corrected chi connectivity index (χ1v) is 9.23. The third kappa shape index (κ3) is 2.88. The maximum Gasteiger partial charge on any atom is 0.293 e. The molecule has 126 valence electrons. The maximum absolute atomic E-state index is 12.5. The Labute approximate surface area is 146 Å². The smallest absolute Gasteiger partial charge is 0.293 e. The van der Waals surface area contributed by atoms with Crippen LogP contribution in [0.5, 0.6) is 0 Å². The van der Waals surface area contributed by atoms with Crippen molar-refractivity contribution in [1.29, 1.82) is 0 Å². The quantitative estimate of drug-likeness (QED) is 0.713. The van der Waals surface area contributed by atoms with E-state index >= 15 is 0 Å². The van der Waals surface area contributed by atoms with Crippen molar-refractivity contribution in [2.24, 2.45) is 0 Å². The van der Waals surface area contributed by atoms with Crippen LogP contribution in [-0.2, 0) is 4.79 Å². The number of amides is 2. The van der Waals surface area contributed by atoms with Crippen LogP contribution in [-0.4, -0.2) is 27.2 Å². The van der Waals surface area contributed by atoms with Gasteiger partial charge in [-0.3, -0.25) is 14.5 Å². The molecule has 2 amide bonds. The summed E-state index contributed by atoms with van der Waals surface area (Å²) >= 11 is 1.04. The average molecular weight is 342 g/mol. The summed E-state index contributed by atoms with van der Waals surface area (Å²) in [6.45, 7) is 6.80. The zero-order valence-corrected chi connectivity index (χ0v) is 15.1. The molecular weight excluding hydrogens is 320 g/mol. The number of para-hydroxylation sites is 1. The predicted molar refractivity (Wildman–Crippen MR) is 99.9 cm³/mol. The van der Waals surface area contributed by atoms with Crippen LogP contribution in [0.25, 0.3) is 17.0 Å². The molecule has 1 aliphatic rings. The Kier molecular flexibility index (Phi) is 4.81. The first kappa shape index (κ1) is 16.8. The highest BCUT2D eigenvalue weighted by molar-refractivity contribution is 8.18. The van der Waals surface area contributed by atoms with E-state index in [2.05, 4.69) is 36.7 Å². The summed E-state index contributed by atoms with van der Waals surface area (Å²) < 4.78 is 2.25. The molecule has 0 aliphatic carbocycles. The van der Waals surface area contributed by atoms with E-state index in [0.717, 1.165) is 41.1 Å². The van der Waals surface area contributed by atoms with E-state index in [-0.39, 0.29) is 11.1 Å². The van der Waals surface area contributed by atoms with Gasteiger partial charge in [0.25, 0.3) is 11.1 Å². The largest absolute Gasteiger partial charge is 0.344 e. The summed E-state index contributed by atoms with van der Waals surface area (Å²) in [5, 5.41) is 0.943. The first-order valence-electron chi connectivity index (χ1n) is 8.41. The standard InChI is InChI=1S/C19H22N2O2S/c1-4-10-20-18(22)17(24-19(20)23)11-14-12-21(13(3)5-2)16-9-7-6-8-15(14)16/h6-9,11-13H,4-5,10H2,1-3H3/b17-11+/t13-/m1/s1. The summed E-state index contributed by atoms with van der Waals surface area (Å²) in [4.78, 5) is 26.3. The van der Waals surface area contributed by atoms with Crippen LogP contribution < -0.4 is 0 Å². The third-order valence-electron chi connectivity index (χ3n) is 4.44. The SMILES string of the molecule is CCCN1C(=O)S/C(=C/c2cn([C@H](C)CC)c3ccccc23)C1=O. The Balaban J connectivity index is 2.05. The molecule has 1 saturated heterocycles. The number of hydrogen-bond acceptors (Lipinski definition) is 3. The zero-order chi connectivity index (χ0) is 17.3. The number of rotatable bonds is 5. The van der Waals surface area contributed by atoms with Crippen molar-refractivity contribution in [3.05, 3.63) is 40.9 Å². The molecule has 1 aliphatic heterocycles. The Hall–Kier alpha value is -2.01. The van der Waals surface area contributed by atoms with Crippen molar-refractivity contribution in [1.82, 2.24) is 9.47 Å². The Morgan fingerprint density at radius 2 is 1.96 bits per heavy atom. The van der Waals surface area contributed by atoms with Gasteiger partial charge in [-0.15, -0.1) is 0 Å². The molecule has 0 unspecified atom stereocenters. The molecule has 1 fully saturated rings. The fourth-order valence-corrected chi connectivity index (χ4v) is 3.82. The predicted octanol–water partition coefficient (Wildman–Crippen LogP) is 5.06. The highest BCUT2D eigenvalue weighted by atomic mass is 32.2. The third-order valence-corrected chi connectivity index (χ3v) is 5.35. The van der Waals surface area contributed by atoms with Crippen LogP contribution in [0.2, 0.25) is 0 Å². The van der Waals surface area contributed by atoms with E-state index in [9.17, 15) is 9.59 Å². The van der Waals surface area contributed by atoms with E-state index in [1.54, 1.807) is 0 Å². The number of benzene rings is 1. The van der Waals surface area contributed by atoms with Crippen LogP contribution in [0.4, 0.5) is 4.79 Å². The summed E-state index contributed by atoms with van der Waals surface area (Å²) in [6.07, 6.45) is 5.76. The molecule has 5 heteroatoms. The molecule has 4 nitrogen and oxygen atoms in total. The van der Waals surface area contributed by atoms with Crippen LogP contribution >= 0.6 is 11.8 Å². The van der Waals surface area contributed by atoms with E-state index in [4.69, 9.17) is 0 Å². The summed E-state index contributed by atoms with van der Waals surface area (Å²) in [5.41, 5.74) is 2.15. The lowest BCUT2D eigenvalue weighted by molar-refractivity contribution is -0.122. The van der Waals surface area contributed by atoms with Gasteiger partial charge < -0.3 is 4.57 Å². The highest BCUT2D eigenvalue weighted by Gasteiger charge is 2.34. The Bertz CT molecular complexity index is 822. The van der Waals surface area contributed by atoms with E-state index in [0.29, 0.717) is 17.5 Å². The van der Waals surface area contributed by atoms with Gasteiger partial charge in [-0.25, -0.2) is 0 Å². The molecule has 0 bridgehead atoms. The highest BCUT2D eigenvalue weighted by Crippen LogP contribution is 2.35. The van der Waals surface area contributed by atoms with Gasteiger partial charge in [-0.2, -0.15) is 0 Å². The molecule has 24 heavy (non-hydrogen) atoms. The van der Waals surface area contributed by atoms with Gasteiger partial charge in [0.1, 0.15) is 0 Å². The summed E-state index contributed by atoms with van der Waals surface area (Å²) in [7, 11) is 0. The number of carbonyl (C=O) groups excluding carboxylic acids is 2. The van der Waals surface area contributed by atoms with Gasteiger partial charge in [0.15, 0.2) is 0 Å². The van der Waals surface area contributed by atoms with Crippen molar-refractivity contribution >= 4 is 39.9 Å². The topological polar surface area (TPSA) is 42.3 Å². The molecule has 2 heterocycles. The van der Waals surface area contributed by atoms with Crippen molar-refractivity contribution in [2.75, 3.05) is 6.54 Å². The van der Waals surface area contributed by atoms with Crippen LogP contribution in [0.15, 0.2) is 35.4 Å². The monoisotopic (exact) mass is 342 g/mol. The van der Waals surface area contributed by atoms with Crippen molar-refractivity contribution in [3.8, 4) is 0 Å². The Morgan fingerprint density at radius 3 is 2.67 bits per heavy atom. The minimum absolute atomic E-state index is 0.168. The molecule has 2 aromatic rings. The second kappa shape index (κ2) is 6.85. The summed E-state index contributed by atoms with van der Waals surface area (Å²) in [5.74, 6) is -0.174. The second-order valence-electron chi connectivity index (χ2n) is 6.10. The van der Waals surface area contributed by atoms with Gasteiger partial charge in [0, 0.05) is 35.2 Å². The number of nitrogens with zero attached hydrogens (tertiary/aromatic N) is 2. The van der Waals surface area contributed by atoms with Crippen molar-refractivity contribution < 1.29 is 9.59 Å². The van der Waals surface area contributed by atoms with Crippen LogP contribution in [0.1, 0.15) is 45.2 Å². The fourth-order valence-electron chi connectivity index (χ4n) is 2.97. The lowest BCUT2D eigenvalue weighted by atomic mass is 10.1. The fraction of sp³-hybridized carbons (Fsp3) is 0.368. The lowest BCUT2D eigenvalue weighted by Gasteiger charge is -2.12. The van der Waals surface area contributed by atoms with E-state index < -0.39 is 0 Å². The molecule has 1 aromatic heterocycles. The number of hydrogen-bond donors (Lipinski definition) is 0. The number of fused-ring (bicyclic) bond motifs is 1. The minimum atomic E-state index is -0.174. The summed E-state index contributed by atoms with van der Waals surface area (Å²) in [6, 6.07) is 8.58. The molecule has 0 spiro atoms. The number of thioether (sulfide) groups is 1. The molecular formula is C19H22N2O2S.